The lowest BCUT2D eigenvalue weighted by Gasteiger charge is -2.29. The van der Waals surface area contributed by atoms with Gasteiger partial charge in [0.15, 0.2) is 0 Å². The summed E-state index contributed by atoms with van der Waals surface area (Å²) in [6.45, 7) is 6.06. The lowest BCUT2D eigenvalue weighted by Crippen LogP contribution is -2.20. The molecule has 0 N–H and O–H groups in total. The van der Waals surface area contributed by atoms with E-state index in [2.05, 4.69) is 19.1 Å². The highest BCUT2D eigenvalue weighted by molar-refractivity contribution is 6.03. The number of methoxy groups -OCH3 is 1. The van der Waals surface area contributed by atoms with E-state index in [0.29, 0.717) is 5.92 Å². The second kappa shape index (κ2) is 4.12. The molecule has 1 aliphatic carbocycles. The van der Waals surface area contributed by atoms with Crippen LogP contribution in [0.2, 0.25) is 0 Å². The summed E-state index contributed by atoms with van der Waals surface area (Å²) in [5.41, 5.74) is 5.33. The van der Waals surface area contributed by atoms with Crippen molar-refractivity contribution in [2.45, 2.75) is 39.2 Å². The van der Waals surface area contributed by atoms with Crippen molar-refractivity contribution in [1.82, 2.24) is 0 Å². The number of ether oxygens (including phenoxy) is 2. The second-order valence-electron chi connectivity index (χ2n) is 5.48. The number of aryl methyl sites for hydroxylation is 1. The Morgan fingerprint density at radius 1 is 1.32 bits per heavy atom. The van der Waals surface area contributed by atoms with Crippen LogP contribution in [-0.2, 0) is 9.53 Å². The molecule has 0 bridgehead atoms. The number of benzene rings is 1. The van der Waals surface area contributed by atoms with Gasteiger partial charge in [0, 0.05) is 11.1 Å². The second-order valence-corrected chi connectivity index (χ2v) is 5.48. The molecule has 1 aromatic rings. The SMILES string of the molecule is COc1cc2c(cc1C)C1=C(C)C(=O)OC1C[C@H]2C. The van der Waals surface area contributed by atoms with Crippen LogP contribution in [0.1, 0.15) is 42.9 Å². The highest BCUT2D eigenvalue weighted by Crippen LogP contribution is 2.46. The largest absolute Gasteiger partial charge is 0.496 e. The van der Waals surface area contributed by atoms with E-state index in [1.807, 2.05) is 13.8 Å². The molecule has 100 valence electrons. The summed E-state index contributed by atoms with van der Waals surface area (Å²) >= 11 is 0. The van der Waals surface area contributed by atoms with Crippen LogP contribution in [0.25, 0.3) is 5.57 Å². The zero-order chi connectivity index (χ0) is 13.7. The summed E-state index contributed by atoms with van der Waals surface area (Å²) in [4.78, 5) is 11.8. The molecule has 2 atom stereocenters. The first kappa shape index (κ1) is 12.3. The minimum atomic E-state index is -0.173. The third kappa shape index (κ3) is 1.68. The molecule has 3 heteroatoms. The summed E-state index contributed by atoms with van der Waals surface area (Å²) in [6.07, 6.45) is 0.792. The van der Waals surface area contributed by atoms with Gasteiger partial charge in [-0.2, -0.15) is 0 Å². The lowest BCUT2D eigenvalue weighted by molar-refractivity contribution is -0.139. The molecule has 1 unspecified atom stereocenters. The Hall–Kier alpha value is -1.77. The van der Waals surface area contributed by atoms with E-state index < -0.39 is 0 Å². The Balaban J connectivity index is 2.24. The van der Waals surface area contributed by atoms with Gasteiger partial charge in [-0.25, -0.2) is 4.79 Å². The van der Waals surface area contributed by atoms with Crippen molar-refractivity contribution in [2.24, 2.45) is 0 Å². The van der Waals surface area contributed by atoms with Gasteiger partial charge in [0.2, 0.25) is 0 Å². The Bertz CT molecular complexity index is 598. The Morgan fingerprint density at radius 2 is 2.05 bits per heavy atom. The van der Waals surface area contributed by atoms with Gasteiger partial charge in [-0.3, -0.25) is 0 Å². The van der Waals surface area contributed by atoms with Crippen molar-refractivity contribution in [2.75, 3.05) is 7.11 Å². The van der Waals surface area contributed by atoms with E-state index in [-0.39, 0.29) is 12.1 Å². The topological polar surface area (TPSA) is 35.5 Å². The monoisotopic (exact) mass is 258 g/mol. The molecule has 1 aliphatic heterocycles. The first-order valence-electron chi connectivity index (χ1n) is 6.63. The van der Waals surface area contributed by atoms with E-state index in [4.69, 9.17) is 9.47 Å². The van der Waals surface area contributed by atoms with E-state index in [0.717, 1.165) is 34.4 Å². The zero-order valence-corrected chi connectivity index (χ0v) is 11.7. The number of carbonyl (C=O) groups is 1. The minimum absolute atomic E-state index is 0.0669. The summed E-state index contributed by atoms with van der Waals surface area (Å²) in [5, 5.41) is 0. The van der Waals surface area contributed by atoms with Crippen LogP contribution in [0, 0.1) is 6.92 Å². The fourth-order valence-corrected chi connectivity index (χ4v) is 3.18. The Kier molecular flexibility index (Phi) is 2.66. The van der Waals surface area contributed by atoms with Gasteiger partial charge in [0.05, 0.1) is 7.11 Å². The predicted octanol–water partition coefficient (Wildman–Crippen LogP) is 3.21. The summed E-state index contributed by atoms with van der Waals surface area (Å²) in [5.74, 6) is 1.11. The van der Waals surface area contributed by atoms with Gasteiger partial charge in [0.25, 0.3) is 0 Å². The summed E-state index contributed by atoms with van der Waals surface area (Å²) in [7, 11) is 1.69. The van der Waals surface area contributed by atoms with Crippen molar-refractivity contribution in [3.8, 4) is 5.75 Å². The Labute approximate surface area is 113 Å². The summed E-state index contributed by atoms with van der Waals surface area (Å²) in [6, 6.07) is 4.23. The predicted molar refractivity (Wildman–Crippen MR) is 73.2 cm³/mol. The molecule has 0 saturated carbocycles. The van der Waals surface area contributed by atoms with Gasteiger partial charge in [-0.05, 0) is 55.0 Å². The average molecular weight is 258 g/mol. The van der Waals surface area contributed by atoms with Gasteiger partial charge in [-0.15, -0.1) is 0 Å². The molecule has 0 radical (unpaired) electrons. The molecule has 1 aromatic carbocycles. The average Bonchev–Trinajstić information content (AvgIpc) is 2.64. The van der Waals surface area contributed by atoms with Crippen LogP contribution in [0.3, 0.4) is 0 Å². The fraction of sp³-hybridized carbons (Fsp3) is 0.438. The first-order valence-corrected chi connectivity index (χ1v) is 6.63. The zero-order valence-electron chi connectivity index (χ0n) is 11.7. The lowest BCUT2D eigenvalue weighted by atomic mass is 9.77. The van der Waals surface area contributed by atoms with Crippen LogP contribution >= 0.6 is 0 Å². The van der Waals surface area contributed by atoms with E-state index in [9.17, 15) is 4.79 Å². The van der Waals surface area contributed by atoms with Gasteiger partial charge < -0.3 is 9.47 Å². The van der Waals surface area contributed by atoms with Crippen molar-refractivity contribution >= 4 is 11.5 Å². The van der Waals surface area contributed by atoms with E-state index >= 15 is 0 Å². The summed E-state index contributed by atoms with van der Waals surface area (Å²) < 4.78 is 10.9. The molecule has 0 fully saturated rings. The maximum Gasteiger partial charge on any atom is 0.334 e. The van der Waals surface area contributed by atoms with Crippen LogP contribution in [0.15, 0.2) is 17.7 Å². The molecule has 3 nitrogen and oxygen atoms in total. The van der Waals surface area contributed by atoms with Crippen molar-refractivity contribution in [3.05, 3.63) is 34.4 Å². The fourth-order valence-electron chi connectivity index (χ4n) is 3.18. The van der Waals surface area contributed by atoms with Gasteiger partial charge in [0.1, 0.15) is 11.9 Å². The molecular weight excluding hydrogens is 240 g/mol. The van der Waals surface area contributed by atoms with E-state index in [1.54, 1.807) is 7.11 Å². The van der Waals surface area contributed by atoms with E-state index in [1.165, 1.54) is 5.56 Å². The number of esters is 1. The quantitative estimate of drug-likeness (QED) is 0.726. The molecule has 19 heavy (non-hydrogen) atoms. The molecule has 3 rings (SSSR count). The van der Waals surface area contributed by atoms with Gasteiger partial charge in [-0.1, -0.05) is 6.92 Å². The van der Waals surface area contributed by atoms with Crippen molar-refractivity contribution in [1.29, 1.82) is 0 Å². The third-order valence-electron chi connectivity index (χ3n) is 4.24. The third-order valence-corrected chi connectivity index (χ3v) is 4.24. The Morgan fingerprint density at radius 3 is 2.74 bits per heavy atom. The molecule has 1 heterocycles. The normalized spacial score (nSPS) is 24.9. The minimum Gasteiger partial charge on any atom is -0.496 e. The highest BCUT2D eigenvalue weighted by atomic mass is 16.5. The molecule has 0 aromatic heterocycles. The van der Waals surface area contributed by atoms with Crippen LogP contribution in [0.5, 0.6) is 5.75 Å². The first-order chi connectivity index (χ1) is 9.02. The molecular formula is C16H18O3. The number of hydrogen-bond donors (Lipinski definition) is 0. The van der Waals surface area contributed by atoms with Gasteiger partial charge >= 0.3 is 5.97 Å². The number of fused-ring (bicyclic) bond motifs is 3. The standard InChI is InChI=1S/C16H18O3/c1-8-6-14-15(10(3)16(17)19-14)12-5-9(2)13(18-4)7-11(8)12/h5,7-8,14H,6H2,1-4H3/t8-,14?/m1/s1. The van der Waals surface area contributed by atoms with Crippen LogP contribution < -0.4 is 4.74 Å². The molecule has 0 amide bonds. The highest BCUT2D eigenvalue weighted by Gasteiger charge is 2.38. The molecule has 0 saturated heterocycles. The molecule has 2 aliphatic rings. The molecule has 0 spiro atoms. The number of hydrogen-bond acceptors (Lipinski definition) is 3. The smallest absolute Gasteiger partial charge is 0.334 e. The number of rotatable bonds is 1. The van der Waals surface area contributed by atoms with Crippen LogP contribution in [0.4, 0.5) is 0 Å². The maximum absolute atomic E-state index is 11.8. The number of carbonyl (C=O) groups excluding carboxylic acids is 1. The van der Waals surface area contributed by atoms with Crippen LogP contribution in [-0.4, -0.2) is 19.2 Å². The van der Waals surface area contributed by atoms with Crippen molar-refractivity contribution in [3.63, 3.8) is 0 Å². The van der Waals surface area contributed by atoms with Crippen molar-refractivity contribution < 1.29 is 14.3 Å². The maximum atomic E-state index is 11.8.